The third-order valence-corrected chi connectivity index (χ3v) is 30.6. The van der Waals surface area contributed by atoms with Gasteiger partial charge in [-0.2, -0.15) is 0 Å². The fraction of sp³-hybridized carbons (Fsp3) is 0.149. The molecule has 0 unspecified atom stereocenters. The smallest absolute Gasteiger partial charge is 0.252 e. The number of anilines is 6. The van der Waals surface area contributed by atoms with Gasteiger partial charge in [0.15, 0.2) is 0 Å². The number of hydrogen-bond acceptors (Lipinski definition) is 5. The van der Waals surface area contributed by atoms with Crippen LogP contribution in [0.15, 0.2) is 401 Å². The number of hydrogen-bond donors (Lipinski definition) is 0. The highest BCUT2D eigenvalue weighted by Crippen LogP contribution is 2.59. The molecule has 19 aromatic carbocycles. The first-order valence-corrected chi connectivity index (χ1v) is 50.2. The average molecular weight is 1830 g/mol. The second-order valence-electron chi connectivity index (χ2n) is 44.7. The fourth-order valence-corrected chi connectivity index (χ4v) is 23.3. The molecule has 5 aromatic heterocycles. The van der Waals surface area contributed by atoms with E-state index in [-0.39, 0.29) is 21.7 Å². The number of aromatic nitrogens is 2. The first kappa shape index (κ1) is 86.2. The van der Waals surface area contributed by atoms with Crippen molar-refractivity contribution in [1.29, 1.82) is 0 Å². The lowest BCUT2D eigenvalue weighted by molar-refractivity contribution is 0.590. The molecule has 142 heavy (non-hydrogen) atoms. The summed E-state index contributed by atoms with van der Waals surface area (Å²) < 4.78 is 26.7. The van der Waals surface area contributed by atoms with E-state index in [9.17, 15) is 0 Å². The Morgan fingerprint density at radius 2 is 0.542 bits per heavy atom. The first-order chi connectivity index (χ1) is 68.6. The van der Waals surface area contributed by atoms with E-state index in [1.54, 1.807) is 0 Å². The molecule has 686 valence electrons. The van der Waals surface area contributed by atoms with Crippen molar-refractivity contribution < 1.29 is 13.3 Å². The van der Waals surface area contributed by atoms with E-state index >= 15 is 0 Å². The molecule has 7 nitrogen and oxygen atoms in total. The Bertz CT molecular complexity index is 9120. The molecule has 0 N–H and O–H groups in total. The second-order valence-corrected chi connectivity index (χ2v) is 44.7. The van der Waals surface area contributed by atoms with Crippen LogP contribution in [0.3, 0.4) is 0 Å². The van der Waals surface area contributed by atoms with Crippen molar-refractivity contribution in [2.24, 2.45) is 0 Å². The third-order valence-electron chi connectivity index (χ3n) is 30.6. The van der Waals surface area contributed by atoms with Crippen LogP contribution in [0.5, 0.6) is 0 Å². The van der Waals surface area contributed by atoms with Crippen molar-refractivity contribution in [2.75, 3.05) is 9.80 Å². The summed E-state index contributed by atoms with van der Waals surface area (Å²) >= 11 is 0. The van der Waals surface area contributed by atoms with Crippen molar-refractivity contribution in [3.8, 4) is 89.3 Å². The van der Waals surface area contributed by atoms with Crippen molar-refractivity contribution in [3.05, 3.63) is 416 Å². The summed E-state index contributed by atoms with van der Waals surface area (Å²) in [6.07, 6.45) is 0. The summed E-state index contributed by atoms with van der Waals surface area (Å²) in [6, 6.07) is 148. The zero-order valence-electron chi connectivity index (χ0n) is 83.0. The molecule has 0 saturated carbocycles. The van der Waals surface area contributed by atoms with Gasteiger partial charge in [-0.05, 0) is 279 Å². The molecule has 2 aliphatic rings. The molecular formula is C134H109BN4O3. The molecule has 7 heterocycles. The highest BCUT2D eigenvalue weighted by molar-refractivity contribution is 7.00. The highest BCUT2D eigenvalue weighted by Gasteiger charge is 2.48. The molecule has 26 rings (SSSR count). The summed E-state index contributed by atoms with van der Waals surface area (Å²) in [5, 5.41) is 11.1. The summed E-state index contributed by atoms with van der Waals surface area (Å²) in [5.41, 5.74) is 41.2. The molecule has 0 saturated heterocycles. The second kappa shape index (κ2) is 31.7. The van der Waals surface area contributed by atoms with Crippen LogP contribution >= 0.6 is 0 Å². The molecule has 8 heteroatoms. The van der Waals surface area contributed by atoms with Crippen molar-refractivity contribution in [3.63, 3.8) is 0 Å². The van der Waals surface area contributed by atoms with Crippen molar-refractivity contribution in [2.45, 2.75) is 131 Å². The maximum atomic E-state index is 7.20. The maximum absolute atomic E-state index is 7.20. The van der Waals surface area contributed by atoms with Crippen LogP contribution in [-0.4, -0.2) is 15.8 Å². The lowest BCUT2D eigenvalue weighted by Gasteiger charge is -2.46. The number of fused-ring (bicyclic) bond motifs is 19. The molecule has 0 atom stereocenters. The van der Waals surface area contributed by atoms with E-state index in [0.29, 0.717) is 0 Å². The van der Waals surface area contributed by atoms with Gasteiger partial charge in [-0.15, -0.1) is 0 Å². The molecule has 0 amide bonds. The largest absolute Gasteiger partial charge is 0.456 e. The number of furan rings is 3. The minimum absolute atomic E-state index is 0.124. The number of para-hydroxylation sites is 4. The maximum Gasteiger partial charge on any atom is 0.252 e. The zero-order valence-corrected chi connectivity index (χ0v) is 83.0. The van der Waals surface area contributed by atoms with E-state index in [4.69, 9.17) is 13.3 Å². The molecule has 24 aromatic rings. The monoisotopic (exact) mass is 1830 g/mol. The predicted octanol–water partition coefficient (Wildman–Crippen LogP) is 35.8. The number of benzene rings is 19. The molecule has 0 bridgehead atoms. The van der Waals surface area contributed by atoms with Gasteiger partial charge in [0, 0.05) is 105 Å². The molecule has 2 aliphatic heterocycles. The van der Waals surface area contributed by atoms with E-state index in [2.05, 4.69) is 511 Å². The van der Waals surface area contributed by atoms with Gasteiger partial charge in [0.1, 0.15) is 33.5 Å². The lowest BCUT2D eigenvalue weighted by atomic mass is 9.33. The number of rotatable bonds is 11. The van der Waals surface area contributed by atoms with Crippen LogP contribution in [0.4, 0.5) is 34.1 Å². The van der Waals surface area contributed by atoms with E-state index in [1.807, 2.05) is 0 Å². The van der Waals surface area contributed by atoms with E-state index in [1.165, 1.54) is 49.4 Å². The van der Waals surface area contributed by atoms with E-state index in [0.717, 1.165) is 228 Å². The molecule has 0 radical (unpaired) electrons. The highest BCUT2D eigenvalue weighted by atomic mass is 16.3. The van der Waals surface area contributed by atoms with Gasteiger partial charge in [0.25, 0.3) is 6.71 Å². The Kier molecular flexibility index (Phi) is 19.2. The van der Waals surface area contributed by atoms with Crippen LogP contribution in [0.1, 0.15) is 132 Å². The van der Waals surface area contributed by atoms with Crippen LogP contribution < -0.4 is 26.2 Å². The Balaban J connectivity index is 0.901. The summed E-state index contributed by atoms with van der Waals surface area (Å²) in [7, 11) is 0. The van der Waals surface area contributed by atoms with Gasteiger partial charge in [-0.3, -0.25) is 0 Å². The van der Waals surface area contributed by atoms with Gasteiger partial charge in [-0.25, -0.2) is 0 Å². The fourth-order valence-electron chi connectivity index (χ4n) is 23.3. The lowest BCUT2D eigenvalue weighted by Crippen LogP contribution is -2.61. The van der Waals surface area contributed by atoms with Gasteiger partial charge >= 0.3 is 0 Å². The average Bonchev–Trinajstić information content (AvgIpc) is 0.967. The van der Waals surface area contributed by atoms with Crippen LogP contribution in [-0.2, 0) is 27.1 Å². The summed E-state index contributed by atoms with van der Waals surface area (Å²) in [6.45, 7) is 34.9. The van der Waals surface area contributed by atoms with Gasteiger partial charge in [-0.1, -0.05) is 340 Å². The Morgan fingerprint density at radius 1 is 0.197 bits per heavy atom. The minimum Gasteiger partial charge on any atom is -0.456 e. The SMILES string of the molecule is CC(C)(C)c1cc(-c2ccccc2)c(N2c3ccc(-c4cc(-c5ccccc5)cc(-c5ccccc5)c4)cc3B3c4ccc(-n5c6ccccc6c6cc(C(C)(C)C)ccc65)cc4N(c4c(-c5cccc6oc7ccccc7c56)cc(C(C)(C)C)cc4-c4cccc5oc6ccccc6c45)c4cc(-n5c6ccc(C(C)(C)C)cc6c6cc(C(C)(C)C)ccc65)cc2c43)c(-c2cccc3oc4ccccc4c23)c1. The van der Waals surface area contributed by atoms with Crippen LogP contribution in [0, 0.1) is 0 Å². The van der Waals surface area contributed by atoms with Gasteiger partial charge in [0.2, 0.25) is 0 Å². The Labute approximate surface area is 829 Å². The molecule has 0 fully saturated rings. The third kappa shape index (κ3) is 13.7. The molecule has 0 spiro atoms. The molecular weight excluding hydrogens is 1720 g/mol. The normalized spacial score (nSPS) is 13.1. The summed E-state index contributed by atoms with van der Waals surface area (Å²) in [5.74, 6) is 0. The topological polar surface area (TPSA) is 55.8 Å². The Morgan fingerprint density at radius 3 is 0.979 bits per heavy atom. The van der Waals surface area contributed by atoms with Gasteiger partial charge in [0.05, 0.1) is 39.1 Å². The first-order valence-electron chi connectivity index (χ1n) is 50.2. The van der Waals surface area contributed by atoms with Crippen LogP contribution in [0.2, 0.25) is 0 Å². The molecule has 0 aliphatic carbocycles. The van der Waals surface area contributed by atoms with Crippen molar-refractivity contribution in [1.82, 2.24) is 9.13 Å². The minimum atomic E-state index is -0.479. The predicted molar refractivity (Wildman–Crippen MR) is 603 cm³/mol. The van der Waals surface area contributed by atoms with E-state index < -0.39 is 12.1 Å². The summed E-state index contributed by atoms with van der Waals surface area (Å²) in [4.78, 5) is 5.54. The zero-order chi connectivity index (χ0) is 96.6. The quantitative estimate of drug-likeness (QED) is 0.121. The van der Waals surface area contributed by atoms with Gasteiger partial charge < -0.3 is 32.2 Å². The Hall–Kier alpha value is -16.2. The standard InChI is InChI=1S/C134H109BN4O3/c1-130(2,3)87-57-63-111-102(70-87)94-42-25-29-49-110(94)136(111)92-60-61-108-115(77-92)139(129-106(96-47-34-54-122-125(96)99-44-27-31-51-119(99)141-122)75-91(134(13,14)15)76-107(129)97-48-35-55-123-126(97)100-45-28-32-52-120(100)142-123)117-79-93(137-112-64-58-88(131(4,5)6)71-103(112)104-72-89(132(7,8)9)59-65-113(104)137)78-116-127(117)135(108)109-69-83(86-67-84(80-36-19-16-20-37-80)66-85(68-86)81-38-21-17-22-39-81)56-62-114(109)138(116)128-101(82-40-23-18-24-41-82)73-90(133(10,11)12)74-105(128)95-46-33-53-121-124(95)98-43-26-30-50-118(98)140-121/h16-79H,1-15H3. The number of nitrogens with zero attached hydrogens (tertiary/aromatic N) is 4. The van der Waals surface area contributed by atoms with Crippen molar-refractivity contribution >= 4 is 167 Å². The van der Waals surface area contributed by atoms with Crippen LogP contribution in [0.25, 0.3) is 199 Å².